The largest absolute Gasteiger partial charge is 0.336 e. The van der Waals surface area contributed by atoms with Crippen LogP contribution in [0.4, 0.5) is 5.95 Å². The first-order valence-corrected chi connectivity index (χ1v) is 15.0. The molecule has 0 saturated carbocycles. The summed E-state index contributed by atoms with van der Waals surface area (Å²) in [7, 11) is -1.67. The van der Waals surface area contributed by atoms with Crippen LogP contribution < -0.4 is 4.72 Å². The predicted octanol–water partition coefficient (Wildman–Crippen LogP) is 7.62. The zero-order chi connectivity index (χ0) is 27.8. The second kappa shape index (κ2) is 13.9. The third kappa shape index (κ3) is 7.41. The molecular weight excluding hydrogens is 516 g/mol. The Bertz CT molecular complexity index is 1260. The molecule has 1 aromatic heterocycles. The molecule has 1 aliphatic rings. The quantitative estimate of drug-likeness (QED) is 0.305. The normalized spacial score (nSPS) is 16.0. The molecule has 1 fully saturated rings. The Balaban J connectivity index is 0.00000195. The fourth-order valence-corrected chi connectivity index (χ4v) is 5.91. The molecule has 2 atom stereocenters. The van der Waals surface area contributed by atoms with Gasteiger partial charge in [-0.05, 0) is 74.8 Å². The number of carbonyl (C=O) groups excluding carboxylic acids is 1. The molecule has 204 valence electrons. The first-order valence-electron chi connectivity index (χ1n) is 13.4. The van der Waals surface area contributed by atoms with Gasteiger partial charge in [-0.1, -0.05) is 63.6 Å². The number of nitrogens with zero attached hydrogens (tertiary/aromatic N) is 3. The van der Waals surface area contributed by atoms with Crippen LogP contribution in [0.5, 0.6) is 0 Å². The van der Waals surface area contributed by atoms with E-state index in [1.807, 2.05) is 50.8 Å². The zero-order valence-electron chi connectivity index (χ0n) is 23.3. The van der Waals surface area contributed by atoms with Crippen LogP contribution >= 0.6 is 11.6 Å². The zero-order valence-corrected chi connectivity index (χ0v) is 24.8. The van der Waals surface area contributed by atoms with E-state index >= 15 is 0 Å². The number of hydrogen-bond donors (Lipinski definition) is 1. The molecule has 38 heavy (non-hydrogen) atoms. The number of halogens is 1. The molecule has 0 aliphatic carbocycles. The number of aryl methyl sites for hydroxylation is 2. The molecule has 2 heterocycles. The van der Waals surface area contributed by atoms with Crippen LogP contribution in [0.1, 0.15) is 74.9 Å². The van der Waals surface area contributed by atoms with Crippen LogP contribution in [-0.4, -0.2) is 37.6 Å². The summed E-state index contributed by atoms with van der Waals surface area (Å²) < 4.78 is 16.1. The summed E-state index contributed by atoms with van der Waals surface area (Å²) in [4.78, 5) is 24.7. The fourth-order valence-electron chi connectivity index (χ4n) is 4.92. The van der Waals surface area contributed by atoms with Gasteiger partial charge in [0.1, 0.15) is 5.15 Å². The lowest BCUT2D eigenvalue weighted by molar-refractivity contribution is 0.0584. The second-order valence-electron chi connectivity index (χ2n) is 9.84. The number of piperidine rings is 1. The van der Waals surface area contributed by atoms with Crippen molar-refractivity contribution < 1.29 is 9.00 Å². The third-order valence-electron chi connectivity index (χ3n) is 6.54. The minimum absolute atomic E-state index is 0.00415. The van der Waals surface area contributed by atoms with Crippen molar-refractivity contribution >= 4 is 34.4 Å². The molecule has 2 aromatic carbocycles. The number of carbonyl (C=O) groups is 1. The van der Waals surface area contributed by atoms with Crippen LogP contribution in [-0.2, 0) is 11.0 Å². The highest BCUT2D eigenvalue weighted by Gasteiger charge is 2.28. The lowest BCUT2D eigenvalue weighted by Gasteiger charge is -2.37. The maximum atomic E-state index is 13.4. The van der Waals surface area contributed by atoms with Crippen LogP contribution in [0.25, 0.3) is 11.3 Å². The Labute approximate surface area is 234 Å². The number of likely N-dealkylation sites (tertiary alicyclic amines) is 1. The number of anilines is 1. The maximum Gasteiger partial charge on any atom is 0.254 e. The van der Waals surface area contributed by atoms with Crippen molar-refractivity contribution in [3.05, 3.63) is 70.4 Å². The molecule has 3 aromatic rings. The van der Waals surface area contributed by atoms with Crippen LogP contribution in [0, 0.1) is 19.8 Å². The molecule has 1 amide bonds. The summed E-state index contributed by atoms with van der Waals surface area (Å²) in [6, 6.07) is 15.0. The van der Waals surface area contributed by atoms with Crippen molar-refractivity contribution in [1.29, 1.82) is 0 Å². The number of hydrogen-bond acceptors (Lipinski definition) is 4. The number of aromatic nitrogens is 2. The minimum atomic E-state index is -1.67. The predicted molar refractivity (Wildman–Crippen MR) is 158 cm³/mol. The molecule has 0 bridgehead atoms. The second-order valence-corrected chi connectivity index (χ2v) is 11.4. The molecule has 1 aliphatic heterocycles. The van der Waals surface area contributed by atoms with E-state index in [-0.39, 0.29) is 23.1 Å². The maximum absolute atomic E-state index is 13.4. The van der Waals surface area contributed by atoms with Gasteiger partial charge < -0.3 is 4.90 Å². The van der Waals surface area contributed by atoms with Gasteiger partial charge in [0, 0.05) is 29.8 Å². The van der Waals surface area contributed by atoms with Crippen LogP contribution in [0.2, 0.25) is 5.15 Å². The molecular formula is C30H39ClN4O2S. The lowest BCUT2D eigenvalue weighted by Crippen LogP contribution is -2.44. The fraction of sp³-hybridized carbons (Fsp3) is 0.433. The first-order chi connectivity index (χ1) is 18.2. The van der Waals surface area contributed by atoms with Gasteiger partial charge in [0.15, 0.2) is 11.0 Å². The molecule has 4 rings (SSSR count). The topological polar surface area (TPSA) is 75.2 Å². The summed E-state index contributed by atoms with van der Waals surface area (Å²) in [5, 5.41) is 0.257. The molecule has 0 radical (unpaired) electrons. The van der Waals surface area contributed by atoms with E-state index < -0.39 is 11.0 Å². The summed E-state index contributed by atoms with van der Waals surface area (Å²) in [6.45, 7) is 13.2. The lowest BCUT2D eigenvalue weighted by atomic mass is 9.93. The summed E-state index contributed by atoms with van der Waals surface area (Å²) in [5.74, 6) is 0.691. The summed E-state index contributed by atoms with van der Waals surface area (Å²) >= 11 is 6.30. The van der Waals surface area contributed by atoms with Gasteiger partial charge in [0.2, 0.25) is 5.95 Å². The van der Waals surface area contributed by atoms with Gasteiger partial charge in [-0.25, -0.2) is 14.2 Å². The van der Waals surface area contributed by atoms with Crippen molar-refractivity contribution in [2.75, 3.05) is 11.3 Å². The number of rotatable bonds is 7. The average Bonchev–Trinajstić information content (AvgIpc) is 2.89. The molecule has 8 heteroatoms. The van der Waals surface area contributed by atoms with Gasteiger partial charge >= 0.3 is 0 Å². The van der Waals surface area contributed by atoms with E-state index in [2.05, 4.69) is 28.5 Å². The summed E-state index contributed by atoms with van der Waals surface area (Å²) in [6.07, 6.45) is 4.20. The highest BCUT2D eigenvalue weighted by Crippen LogP contribution is 2.29. The minimum Gasteiger partial charge on any atom is -0.336 e. The molecule has 2 unspecified atom stereocenters. The molecule has 6 nitrogen and oxygen atoms in total. The third-order valence-corrected chi connectivity index (χ3v) is 7.79. The van der Waals surface area contributed by atoms with Gasteiger partial charge in [0.05, 0.1) is 10.6 Å². The molecule has 0 spiro atoms. The van der Waals surface area contributed by atoms with Crippen LogP contribution in [0.3, 0.4) is 0 Å². The Morgan fingerprint density at radius 2 is 1.76 bits per heavy atom. The first kappa shape index (κ1) is 29.8. The highest BCUT2D eigenvalue weighted by atomic mass is 35.5. The smallest absolute Gasteiger partial charge is 0.254 e. The van der Waals surface area contributed by atoms with E-state index in [0.29, 0.717) is 22.1 Å². The van der Waals surface area contributed by atoms with E-state index in [9.17, 15) is 9.00 Å². The van der Waals surface area contributed by atoms with Gasteiger partial charge in [0.25, 0.3) is 5.91 Å². The Morgan fingerprint density at radius 1 is 1.08 bits per heavy atom. The van der Waals surface area contributed by atoms with E-state index in [0.717, 1.165) is 48.9 Å². The Kier molecular flexibility index (Phi) is 10.9. The average molecular weight is 555 g/mol. The monoisotopic (exact) mass is 554 g/mol. The molecule has 1 N–H and O–H groups in total. The van der Waals surface area contributed by atoms with Gasteiger partial charge in [-0.15, -0.1) is 0 Å². The van der Waals surface area contributed by atoms with Crippen molar-refractivity contribution in [2.45, 2.75) is 78.2 Å². The summed E-state index contributed by atoms with van der Waals surface area (Å²) in [5.41, 5.74) is 4.31. The van der Waals surface area contributed by atoms with Crippen molar-refractivity contribution in [3.63, 3.8) is 0 Å². The van der Waals surface area contributed by atoms with E-state index in [1.54, 1.807) is 30.3 Å². The van der Waals surface area contributed by atoms with Gasteiger partial charge in [-0.2, -0.15) is 0 Å². The SMILES string of the molecule is CC.Cc1cccc(C)c1-c1cc(Cl)nc(NS(=O)c2cccc(C(=O)N3CCCCC3CC(C)C)c2)n1. The van der Waals surface area contributed by atoms with Crippen LogP contribution in [0.15, 0.2) is 53.4 Å². The standard InChI is InChI=1S/C28H33ClN4O2S.C2H6/c1-18(2)15-22-12-5-6-14-33(22)27(34)21-11-8-13-23(16-21)36(35)32-28-30-24(17-25(29)31-28)26-19(3)9-7-10-20(26)4;1-2/h7-11,13,16-18,22H,5-6,12,14-15H2,1-4H3,(H,30,31,32);1-2H3. The highest BCUT2D eigenvalue weighted by molar-refractivity contribution is 7.86. The number of benzene rings is 2. The number of amides is 1. The van der Waals surface area contributed by atoms with Gasteiger partial charge in [-0.3, -0.25) is 9.52 Å². The van der Waals surface area contributed by atoms with Crippen molar-refractivity contribution in [2.24, 2.45) is 5.92 Å². The van der Waals surface area contributed by atoms with E-state index in [4.69, 9.17) is 11.6 Å². The Morgan fingerprint density at radius 3 is 2.45 bits per heavy atom. The Hall–Kier alpha value is -2.77. The van der Waals surface area contributed by atoms with Crippen molar-refractivity contribution in [3.8, 4) is 11.3 Å². The molecule has 1 saturated heterocycles. The number of nitrogens with one attached hydrogen (secondary N) is 1. The van der Waals surface area contributed by atoms with Crippen molar-refractivity contribution in [1.82, 2.24) is 14.9 Å². The van der Waals surface area contributed by atoms with E-state index in [1.165, 1.54) is 0 Å².